The van der Waals surface area contributed by atoms with Crippen LogP contribution in [0.3, 0.4) is 0 Å². The third kappa shape index (κ3) is 3.84. The lowest BCUT2D eigenvalue weighted by molar-refractivity contribution is 0.0951. The van der Waals surface area contributed by atoms with E-state index in [1.54, 1.807) is 29.7 Å². The third-order valence-corrected chi connectivity index (χ3v) is 4.45. The highest BCUT2D eigenvalue weighted by Crippen LogP contribution is 2.16. The average Bonchev–Trinajstić information content (AvgIpc) is 3.24. The zero-order chi connectivity index (χ0) is 15.2. The molecule has 3 heterocycles. The van der Waals surface area contributed by atoms with Crippen LogP contribution in [-0.2, 0) is 11.3 Å². The summed E-state index contributed by atoms with van der Waals surface area (Å²) in [4.78, 5) is 17.8. The molecule has 0 aliphatic carbocycles. The van der Waals surface area contributed by atoms with Gasteiger partial charge in [0, 0.05) is 24.2 Å². The molecule has 0 unspecified atom stereocenters. The number of amides is 1. The smallest absolute Gasteiger partial charge is 0.255 e. The number of pyridine rings is 1. The molecule has 3 rings (SSSR count). The van der Waals surface area contributed by atoms with Crippen molar-refractivity contribution >= 4 is 23.1 Å². The van der Waals surface area contributed by atoms with Crippen LogP contribution in [0.5, 0.6) is 0 Å². The summed E-state index contributed by atoms with van der Waals surface area (Å²) in [6.07, 6.45) is 4.06. The van der Waals surface area contributed by atoms with Gasteiger partial charge in [0.05, 0.1) is 18.2 Å². The number of thiophene rings is 1. The molecule has 5 nitrogen and oxygen atoms in total. The lowest BCUT2D eigenvalue weighted by Crippen LogP contribution is -2.25. The number of rotatable bonds is 6. The maximum atomic E-state index is 12.3. The van der Waals surface area contributed by atoms with Crippen LogP contribution in [0.4, 0.5) is 5.82 Å². The summed E-state index contributed by atoms with van der Waals surface area (Å²) in [5.41, 5.74) is 0.567. The minimum absolute atomic E-state index is 0.114. The lowest BCUT2D eigenvalue weighted by atomic mass is 10.2. The Bertz CT molecular complexity index is 610. The van der Waals surface area contributed by atoms with Gasteiger partial charge < -0.3 is 15.4 Å². The van der Waals surface area contributed by atoms with Crippen molar-refractivity contribution in [2.24, 2.45) is 0 Å². The van der Waals surface area contributed by atoms with E-state index < -0.39 is 0 Å². The molecule has 0 bridgehead atoms. The summed E-state index contributed by atoms with van der Waals surface area (Å²) in [7, 11) is 0. The highest BCUT2D eigenvalue weighted by molar-refractivity contribution is 7.09. The van der Waals surface area contributed by atoms with Gasteiger partial charge >= 0.3 is 0 Å². The number of ether oxygens (including phenoxy) is 1. The fourth-order valence-corrected chi connectivity index (χ4v) is 3.07. The largest absolute Gasteiger partial charge is 0.376 e. The van der Waals surface area contributed by atoms with E-state index >= 15 is 0 Å². The number of aromatic nitrogens is 1. The SMILES string of the molecule is O=C(NCc1cccs1)c1cccnc1NC[C@H]1CCCO1. The van der Waals surface area contributed by atoms with Gasteiger partial charge in [0.15, 0.2) is 0 Å². The van der Waals surface area contributed by atoms with Crippen LogP contribution in [0.2, 0.25) is 0 Å². The van der Waals surface area contributed by atoms with Gasteiger partial charge in [-0.1, -0.05) is 6.07 Å². The first-order valence-electron chi connectivity index (χ1n) is 7.44. The predicted molar refractivity (Wildman–Crippen MR) is 87.2 cm³/mol. The van der Waals surface area contributed by atoms with Crippen LogP contribution in [0, 0.1) is 0 Å². The molecule has 116 valence electrons. The van der Waals surface area contributed by atoms with Gasteiger partial charge in [-0.2, -0.15) is 0 Å². The highest BCUT2D eigenvalue weighted by Gasteiger charge is 2.17. The minimum atomic E-state index is -0.114. The number of carbonyl (C=O) groups excluding carboxylic acids is 1. The Labute approximate surface area is 133 Å². The summed E-state index contributed by atoms with van der Waals surface area (Å²) in [6, 6.07) is 7.54. The molecule has 6 heteroatoms. The first kappa shape index (κ1) is 15.0. The van der Waals surface area contributed by atoms with Crippen molar-refractivity contribution in [1.82, 2.24) is 10.3 Å². The number of hydrogen-bond acceptors (Lipinski definition) is 5. The van der Waals surface area contributed by atoms with Gasteiger partial charge in [-0.3, -0.25) is 4.79 Å². The Morgan fingerprint density at radius 2 is 2.36 bits per heavy atom. The first-order chi connectivity index (χ1) is 10.8. The van der Waals surface area contributed by atoms with E-state index in [1.165, 1.54) is 0 Å². The van der Waals surface area contributed by atoms with Crippen LogP contribution in [0.25, 0.3) is 0 Å². The van der Waals surface area contributed by atoms with Gasteiger partial charge in [0.25, 0.3) is 5.91 Å². The van der Waals surface area contributed by atoms with Crippen LogP contribution in [0.1, 0.15) is 28.1 Å². The van der Waals surface area contributed by atoms with Gasteiger partial charge in [0.2, 0.25) is 0 Å². The van der Waals surface area contributed by atoms with Crippen molar-refractivity contribution in [3.63, 3.8) is 0 Å². The maximum absolute atomic E-state index is 12.3. The molecule has 1 atom stereocenters. The number of anilines is 1. The number of hydrogen-bond donors (Lipinski definition) is 2. The molecule has 2 aromatic rings. The molecule has 0 spiro atoms. The normalized spacial score (nSPS) is 17.4. The maximum Gasteiger partial charge on any atom is 0.255 e. The van der Waals surface area contributed by atoms with Gasteiger partial charge in [-0.25, -0.2) is 4.98 Å². The molecular formula is C16H19N3O2S. The van der Waals surface area contributed by atoms with Gasteiger partial charge in [-0.15, -0.1) is 11.3 Å². The molecule has 0 radical (unpaired) electrons. The van der Waals surface area contributed by atoms with Crippen molar-refractivity contribution in [3.05, 3.63) is 46.3 Å². The Morgan fingerprint density at radius 1 is 1.41 bits per heavy atom. The van der Waals surface area contributed by atoms with Crippen LogP contribution < -0.4 is 10.6 Å². The van der Waals surface area contributed by atoms with Gasteiger partial charge in [0.1, 0.15) is 5.82 Å². The fraction of sp³-hybridized carbons (Fsp3) is 0.375. The van der Waals surface area contributed by atoms with Crippen LogP contribution in [0.15, 0.2) is 35.8 Å². The molecule has 0 saturated carbocycles. The second-order valence-corrected chi connectivity index (χ2v) is 6.21. The van der Waals surface area contributed by atoms with E-state index in [4.69, 9.17) is 4.74 Å². The Hall–Kier alpha value is -1.92. The van der Waals surface area contributed by atoms with Crippen LogP contribution in [-0.4, -0.2) is 30.1 Å². The highest BCUT2D eigenvalue weighted by atomic mass is 32.1. The Morgan fingerprint density at radius 3 is 3.14 bits per heavy atom. The molecule has 1 aliphatic heterocycles. The van der Waals surface area contributed by atoms with Crippen molar-refractivity contribution in [2.45, 2.75) is 25.5 Å². The van der Waals surface area contributed by atoms with Crippen molar-refractivity contribution in [3.8, 4) is 0 Å². The van der Waals surface area contributed by atoms with Crippen molar-refractivity contribution < 1.29 is 9.53 Å². The first-order valence-corrected chi connectivity index (χ1v) is 8.32. The molecular weight excluding hydrogens is 298 g/mol. The number of nitrogens with one attached hydrogen (secondary N) is 2. The molecule has 22 heavy (non-hydrogen) atoms. The standard InChI is InChI=1S/C16H19N3O2S/c20-16(19-11-13-5-3-9-22-13)14-6-1-7-17-15(14)18-10-12-4-2-8-21-12/h1,3,5-7,9,12H,2,4,8,10-11H2,(H,17,18)(H,19,20)/t12-/m1/s1. The molecule has 2 aromatic heterocycles. The van der Waals surface area contributed by atoms with E-state index in [9.17, 15) is 4.79 Å². The monoisotopic (exact) mass is 317 g/mol. The Kier molecular flexibility index (Phi) is 5.03. The number of carbonyl (C=O) groups is 1. The molecule has 1 fully saturated rings. The molecule has 0 aromatic carbocycles. The zero-order valence-corrected chi connectivity index (χ0v) is 13.1. The topological polar surface area (TPSA) is 63.2 Å². The molecule has 1 saturated heterocycles. The Balaban J connectivity index is 1.60. The molecule has 1 aliphatic rings. The quantitative estimate of drug-likeness (QED) is 0.860. The fourth-order valence-electron chi connectivity index (χ4n) is 2.42. The number of nitrogens with zero attached hydrogens (tertiary/aromatic N) is 1. The van der Waals surface area contributed by atoms with E-state index in [1.807, 2.05) is 17.5 Å². The summed E-state index contributed by atoms with van der Waals surface area (Å²) < 4.78 is 5.58. The summed E-state index contributed by atoms with van der Waals surface area (Å²) in [6.45, 7) is 2.04. The molecule has 2 N–H and O–H groups in total. The second-order valence-electron chi connectivity index (χ2n) is 5.18. The zero-order valence-electron chi connectivity index (χ0n) is 12.2. The average molecular weight is 317 g/mol. The van der Waals surface area contributed by atoms with E-state index in [-0.39, 0.29) is 12.0 Å². The van der Waals surface area contributed by atoms with E-state index in [0.29, 0.717) is 24.5 Å². The van der Waals surface area contributed by atoms with E-state index in [0.717, 1.165) is 24.3 Å². The third-order valence-electron chi connectivity index (χ3n) is 3.58. The van der Waals surface area contributed by atoms with E-state index in [2.05, 4.69) is 15.6 Å². The summed E-state index contributed by atoms with van der Waals surface area (Å²) in [5, 5.41) is 8.17. The van der Waals surface area contributed by atoms with Crippen molar-refractivity contribution in [2.75, 3.05) is 18.5 Å². The lowest BCUT2D eigenvalue weighted by Gasteiger charge is -2.14. The molecule has 1 amide bonds. The van der Waals surface area contributed by atoms with Crippen molar-refractivity contribution in [1.29, 1.82) is 0 Å². The summed E-state index contributed by atoms with van der Waals surface area (Å²) in [5.74, 6) is 0.498. The van der Waals surface area contributed by atoms with Gasteiger partial charge in [-0.05, 0) is 36.4 Å². The minimum Gasteiger partial charge on any atom is -0.376 e. The summed E-state index contributed by atoms with van der Waals surface area (Å²) >= 11 is 1.63. The van der Waals surface area contributed by atoms with Crippen LogP contribution >= 0.6 is 11.3 Å². The predicted octanol–water partition coefficient (Wildman–Crippen LogP) is 2.66. The second kappa shape index (κ2) is 7.38.